The number of ketones is 1. The van der Waals surface area contributed by atoms with E-state index in [-0.39, 0.29) is 11.9 Å². The summed E-state index contributed by atoms with van der Waals surface area (Å²) >= 11 is 0. The molecule has 162 valence electrons. The minimum atomic E-state index is 0.0893. The second kappa shape index (κ2) is 8.91. The van der Waals surface area contributed by atoms with E-state index in [1.807, 2.05) is 36.4 Å². The van der Waals surface area contributed by atoms with Crippen LogP contribution in [0.1, 0.15) is 29.5 Å². The normalized spacial score (nSPS) is 15.4. The maximum Gasteiger partial charge on any atom is 0.163 e. The molecule has 4 heteroatoms. The van der Waals surface area contributed by atoms with Crippen LogP contribution in [-0.2, 0) is 24.2 Å². The third-order valence-electron chi connectivity index (χ3n) is 6.25. The molecule has 0 saturated carbocycles. The van der Waals surface area contributed by atoms with Crippen LogP contribution in [0.25, 0.3) is 0 Å². The summed E-state index contributed by atoms with van der Waals surface area (Å²) < 4.78 is 12.1. The van der Waals surface area contributed by atoms with Gasteiger partial charge < -0.3 is 14.4 Å². The number of fused-ring (bicyclic) bond motifs is 1. The third kappa shape index (κ3) is 4.26. The zero-order chi connectivity index (χ0) is 21.9. The number of ether oxygens (including phenoxy) is 2. The van der Waals surface area contributed by atoms with Gasteiger partial charge in [0.15, 0.2) is 17.3 Å². The third-order valence-corrected chi connectivity index (χ3v) is 6.25. The molecule has 0 atom stereocenters. The maximum atomic E-state index is 12.0. The van der Waals surface area contributed by atoms with Gasteiger partial charge in [0.2, 0.25) is 0 Å². The first-order chi connectivity index (χ1) is 15.7. The Labute approximate surface area is 189 Å². The molecule has 0 fully saturated rings. The lowest BCUT2D eigenvalue weighted by Gasteiger charge is -2.27. The lowest BCUT2D eigenvalue weighted by molar-refractivity contribution is -0.114. The molecule has 3 aromatic rings. The number of rotatable bonds is 7. The van der Waals surface area contributed by atoms with Crippen molar-refractivity contribution in [3.05, 3.63) is 101 Å². The van der Waals surface area contributed by atoms with Gasteiger partial charge in [0.1, 0.15) is 6.10 Å². The lowest BCUT2D eigenvalue weighted by Crippen LogP contribution is -2.22. The largest absolute Gasteiger partial charge is 0.493 e. The summed E-state index contributed by atoms with van der Waals surface area (Å²) in [5.74, 6) is 1.65. The summed E-state index contributed by atoms with van der Waals surface area (Å²) in [7, 11) is 1.67. The standard InChI is InChI=1S/C28H27NO3/c1-31-27-14-12-24(18-28(27)32-26-15-21-9-5-6-10-22(21)16-26)29(23-11-13-25(30)17-23)19-20-7-3-2-4-8-20/h2-10,12,14,17-18,26H,11,13,15-16,19H2,1H3. The Kier molecular flexibility index (Phi) is 5.68. The highest BCUT2D eigenvalue weighted by molar-refractivity contribution is 5.93. The lowest BCUT2D eigenvalue weighted by atomic mass is 10.1. The maximum absolute atomic E-state index is 12.0. The minimum absolute atomic E-state index is 0.0893. The molecule has 4 nitrogen and oxygen atoms in total. The van der Waals surface area contributed by atoms with Crippen molar-refractivity contribution in [2.45, 2.75) is 38.3 Å². The van der Waals surface area contributed by atoms with Gasteiger partial charge in [-0.15, -0.1) is 0 Å². The van der Waals surface area contributed by atoms with Gasteiger partial charge in [-0.3, -0.25) is 4.79 Å². The van der Waals surface area contributed by atoms with E-state index in [9.17, 15) is 4.79 Å². The summed E-state index contributed by atoms with van der Waals surface area (Å²) in [6.07, 6.45) is 4.99. The molecule has 2 aliphatic carbocycles. The van der Waals surface area contributed by atoms with E-state index in [2.05, 4.69) is 41.3 Å². The molecule has 3 aromatic carbocycles. The average Bonchev–Trinajstić information content (AvgIpc) is 3.43. The minimum Gasteiger partial charge on any atom is -0.493 e. The molecule has 2 aliphatic rings. The van der Waals surface area contributed by atoms with E-state index in [0.29, 0.717) is 13.0 Å². The van der Waals surface area contributed by atoms with Gasteiger partial charge in [-0.05, 0) is 35.2 Å². The van der Waals surface area contributed by atoms with Gasteiger partial charge in [0.05, 0.1) is 7.11 Å². The summed E-state index contributed by atoms with van der Waals surface area (Å²) in [6, 6.07) is 24.9. The van der Waals surface area contributed by atoms with Crippen LogP contribution < -0.4 is 14.4 Å². The van der Waals surface area contributed by atoms with Crippen LogP contribution in [0.2, 0.25) is 0 Å². The molecule has 5 rings (SSSR count). The van der Waals surface area contributed by atoms with Gasteiger partial charge in [-0.25, -0.2) is 0 Å². The molecular formula is C28H27NO3. The van der Waals surface area contributed by atoms with Crippen molar-refractivity contribution in [3.8, 4) is 11.5 Å². The molecule has 0 unspecified atom stereocenters. The Hall–Kier alpha value is -3.53. The van der Waals surface area contributed by atoms with Gasteiger partial charge in [-0.2, -0.15) is 0 Å². The SMILES string of the molecule is COc1ccc(N(Cc2ccccc2)C2=CC(=O)CC2)cc1OC1Cc2ccccc2C1. The molecule has 0 bridgehead atoms. The average molecular weight is 426 g/mol. The number of benzene rings is 3. The molecule has 0 aromatic heterocycles. The molecule has 0 aliphatic heterocycles. The van der Waals surface area contributed by atoms with Crippen molar-refractivity contribution < 1.29 is 14.3 Å². The first-order valence-corrected chi connectivity index (χ1v) is 11.2. The topological polar surface area (TPSA) is 38.8 Å². The van der Waals surface area contributed by atoms with Crippen LogP contribution >= 0.6 is 0 Å². The second-order valence-corrected chi connectivity index (χ2v) is 8.43. The zero-order valence-electron chi connectivity index (χ0n) is 18.3. The summed E-state index contributed by atoms with van der Waals surface area (Å²) in [6.45, 7) is 0.695. The monoisotopic (exact) mass is 425 g/mol. The molecule has 0 saturated heterocycles. The molecular weight excluding hydrogens is 398 g/mol. The second-order valence-electron chi connectivity index (χ2n) is 8.43. The van der Waals surface area contributed by atoms with E-state index in [1.165, 1.54) is 16.7 Å². The highest BCUT2D eigenvalue weighted by Gasteiger charge is 2.25. The number of allylic oxidation sites excluding steroid dienone is 2. The number of carbonyl (C=O) groups excluding carboxylic acids is 1. The Bertz CT molecular complexity index is 1130. The van der Waals surface area contributed by atoms with Gasteiger partial charge in [0.25, 0.3) is 0 Å². The van der Waals surface area contributed by atoms with E-state index < -0.39 is 0 Å². The van der Waals surface area contributed by atoms with Crippen molar-refractivity contribution in [2.75, 3.05) is 12.0 Å². The number of nitrogens with zero attached hydrogens (tertiary/aromatic N) is 1. The Morgan fingerprint density at radius 3 is 2.25 bits per heavy atom. The highest BCUT2D eigenvalue weighted by atomic mass is 16.5. The molecule has 0 radical (unpaired) electrons. The summed E-state index contributed by atoms with van der Waals surface area (Å²) in [4.78, 5) is 14.2. The number of anilines is 1. The van der Waals surface area contributed by atoms with Crippen molar-refractivity contribution >= 4 is 11.5 Å². The summed E-state index contributed by atoms with van der Waals surface area (Å²) in [5.41, 5.74) is 5.95. The van der Waals surface area contributed by atoms with Crippen molar-refractivity contribution in [1.82, 2.24) is 0 Å². The molecule has 0 amide bonds. The molecule has 0 N–H and O–H groups in total. The fourth-order valence-corrected chi connectivity index (χ4v) is 4.63. The Balaban J connectivity index is 1.44. The van der Waals surface area contributed by atoms with Crippen LogP contribution in [0.15, 0.2) is 84.6 Å². The smallest absolute Gasteiger partial charge is 0.163 e. The van der Waals surface area contributed by atoms with Gasteiger partial charge in [0, 0.05) is 49.3 Å². The number of methoxy groups -OCH3 is 1. The number of hydrogen-bond donors (Lipinski definition) is 0. The van der Waals surface area contributed by atoms with Gasteiger partial charge >= 0.3 is 0 Å². The predicted molar refractivity (Wildman–Crippen MR) is 126 cm³/mol. The van der Waals surface area contributed by atoms with Crippen LogP contribution in [0.3, 0.4) is 0 Å². The fourth-order valence-electron chi connectivity index (χ4n) is 4.63. The quantitative estimate of drug-likeness (QED) is 0.501. The van der Waals surface area contributed by atoms with E-state index in [4.69, 9.17) is 9.47 Å². The number of hydrogen-bond acceptors (Lipinski definition) is 4. The molecule has 32 heavy (non-hydrogen) atoms. The van der Waals surface area contributed by atoms with Gasteiger partial charge in [-0.1, -0.05) is 54.6 Å². The first-order valence-electron chi connectivity index (χ1n) is 11.2. The van der Waals surface area contributed by atoms with Crippen LogP contribution in [0, 0.1) is 0 Å². The Morgan fingerprint density at radius 2 is 1.59 bits per heavy atom. The highest BCUT2D eigenvalue weighted by Crippen LogP contribution is 2.37. The summed E-state index contributed by atoms with van der Waals surface area (Å²) in [5, 5.41) is 0. The Morgan fingerprint density at radius 1 is 0.875 bits per heavy atom. The van der Waals surface area contributed by atoms with Crippen molar-refractivity contribution in [3.63, 3.8) is 0 Å². The van der Waals surface area contributed by atoms with Crippen molar-refractivity contribution in [1.29, 1.82) is 0 Å². The van der Waals surface area contributed by atoms with E-state index in [1.54, 1.807) is 13.2 Å². The van der Waals surface area contributed by atoms with E-state index in [0.717, 1.165) is 42.1 Å². The number of carbonyl (C=O) groups is 1. The van der Waals surface area contributed by atoms with Crippen LogP contribution in [0.5, 0.6) is 11.5 Å². The zero-order valence-corrected chi connectivity index (χ0v) is 18.3. The van der Waals surface area contributed by atoms with Crippen LogP contribution in [-0.4, -0.2) is 19.0 Å². The fraction of sp³-hybridized carbons (Fsp3) is 0.250. The molecule has 0 heterocycles. The van der Waals surface area contributed by atoms with Crippen LogP contribution in [0.4, 0.5) is 5.69 Å². The first kappa shape index (κ1) is 20.4. The van der Waals surface area contributed by atoms with Crippen molar-refractivity contribution in [2.24, 2.45) is 0 Å². The van der Waals surface area contributed by atoms with E-state index >= 15 is 0 Å². The predicted octanol–water partition coefficient (Wildman–Crippen LogP) is 5.49. The molecule has 0 spiro atoms.